The summed E-state index contributed by atoms with van der Waals surface area (Å²) in [6.07, 6.45) is 2.02. The van der Waals surface area contributed by atoms with Gasteiger partial charge in [0.15, 0.2) is 0 Å². The van der Waals surface area contributed by atoms with E-state index in [1.165, 1.54) is 5.57 Å². The third kappa shape index (κ3) is 3.66. The molecule has 0 aromatic heterocycles. The van der Waals surface area contributed by atoms with Gasteiger partial charge in [-0.05, 0) is 0 Å². The van der Waals surface area contributed by atoms with Crippen molar-refractivity contribution in [3.8, 4) is 0 Å². The van der Waals surface area contributed by atoms with Crippen LogP contribution in [0.5, 0.6) is 0 Å². The van der Waals surface area contributed by atoms with E-state index in [0.717, 1.165) is 0 Å². The minimum atomic E-state index is 1.19. The molecular formula is C6H12BN. The summed E-state index contributed by atoms with van der Waals surface area (Å²) in [6.45, 7) is 2.02. The normalized spacial score (nSPS) is 11.0. The molecule has 2 heteroatoms. The van der Waals surface area contributed by atoms with Crippen molar-refractivity contribution < 1.29 is 0 Å². The van der Waals surface area contributed by atoms with Crippen LogP contribution in [0, 0.1) is 0 Å². The van der Waals surface area contributed by atoms with Crippen LogP contribution in [-0.4, -0.2) is 32.4 Å². The zero-order valence-corrected chi connectivity index (χ0v) is 5.81. The molecule has 0 unspecified atom stereocenters. The molecule has 44 valence electrons. The molecule has 0 aliphatic rings. The molecule has 0 heterocycles. The molecule has 0 atom stereocenters. The van der Waals surface area contributed by atoms with E-state index in [4.69, 9.17) is 0 Å². The molecule has 1 nitrogen and oxygen atoms in total. The molecule has 0 bridgehead atoms. The Hall–Kier alpha value is -0.525. The molecule has 0 N–H and O–H groups in total. The molecule has 0 radical (unpaired) electrons. The van der Waals surface area contributed by atoms with E-state index in [1.807, 2.05) is 38.1 Å². The summed E-state index contributed by atoms with van der Waals surface area (Å²) in [5.41, 5.74) is 1.19. The van der Waals surface area contributed by atoms with Gasteiger partial charge < -0.3 is 0 Å². The average molecular weight is 109 g/mol. The van der Waals surface area contributed by atoms with E-state index in [1.54, 1.807) is 0 Å². The molecule has 0 aromatic rings. The Labute approximate surface area is 52.1 Å². The monoisotopic (exact) mass is 109 g/mol. The van der Waals surface area contributed by atoms with Gasteiger partial charge in [0.1, 0.15) is 0 Å². The fourth-order valence-corrected chi connectivity index (χ4v) is 0.460. The van der Waals surface area contributed by atoms with Gasteiger partial charge in [-0.25, -0.2) is 0 Å². The predicted octanol–water partition coefficient (Wildman–Crippen LogP) is 0.155. The van der Waals surface area contributed by atoms with E-state index in [9.17, 15) is 0 Å². The summed E-state index contributed by atoms with van der Waals surface area (Å²) in [6, 6.07) is 0. The Bertz CT molecular complexity index is 105. The summed E-state index contributed by atoms with van der Waals surface area (Å²) in [7, 11) is 7.60. The molecule has 0 aliphatic carbocycles. The van der Waals surface area contributed by atoms with Crippen molar-refractivity contribution in [2.24, 2.45) is 0 Å². The second kappa shape index (κ2) is 3.47. The van der Waals surface area contributed by atoms with E-state index in [0.29, 0.717) is 0 Å². The summed E-state index contributed by atoms with van der Waals surface area (Å²) in [5.74, 6) is 1.83. The predicted molar refractivity (Wildman–Crippen MR) is 40.7 cm³/mol. The van der Waals surface area contributed by atoms with Crippen LogP contribution in [0.25, 0.3) is 0 Å². The van der Waals surface area contributed by atoms with Crippen LogP contribution in [-0.2, 0) is 0 Å². The topological polar surface area (TPSA) is 3.24 Å². The Morgan fingerprint density at radius 1 is 1.50 bits per heavy atom. The first-order chi connectivity index (χ1) is 3.66. The first-order valence-electron chi connectivity index (χ1n) is 2.64. The summed E-state index contributed by atoms with van der Waals surface area (Å²) in [4.78, 5) is 2.00. The van der Waals surface area contributed by atoms with Gasteiger partial charge >= 0.3 is 51.1 Å². The van der Waals surface area contributed by atoms with Crippen LogP contribution in [0.2, 0.25) is 0 Å². The summed E-state index contributed by atoms with van der Waals surface area (Å²) >= 11 is 0. The quantitative estimate of drug-likeness (QED) is 0.456. The molecule has 0 amide bonds. The maximum atomic E-state index is 3.62. The Kier molecular flexibility index (Phi) is 3.25. The molecule has 0 fully saturated rings. The van der Waals surface area contributed by atoms with Gasteiger partial charge in [-0.3, -0.25) is 0 Å². The number of hydrogen-bond donors (Lipinski definition) is 0. The van der Waals surface area contributed by atoms with Crippen molar-refractivity contribution in [3.05, 3.63) is 11.8 Å². The third-order valence-electron chi connectivity index (χ3n) is 0.784. The first kappa shape index (κ1) is 7.47. The molecule has 0 rings (SSSR count). The van der Waals surface area contributed by atoms with E-state index >= 15 is 0 Å². The molecule has 0 saturated heterocycles. The number of nitrogens with zero attached hydrogens (tertiary/aromatic N) is 1. The first-order valence-corrected chi connectivity index (χ1v) is 2.64. The fraction of sp³-hybridized carbons (Fsp3) is 0.500. The molecule has 0 aliphatic heterocycles. The van der Waals surface area contributed by atoms with Crippen molar-refractivity contribution in [3.63, 3.8) is 0 Å². The van der Waals surface area contributed by atoms with E-state index < -0.39 is 0 Å². The van der Waals surface area contributed by atoms with Crippen LogP contribution >= 0.6 is 0 Å². The van der Waals surface area contributed by atoms with Crippen LogP contribution in [0.4, 0.5) is 0 Å². The molecule has 0 spiro atoms. The van der Waals surface area contributed by atoms with Crippen LogP contribution in [0.1, 0.15) is 6.92 Å². The molecular weight excluding hydrogens is 96.9 g/mol. The van der Waals surface area contributed by atoms with Crippen molar-refractivity contribution in [2.75, 3.05) is 14.1 Å². The fourth-order valence-electron chi connectivity index (χ4n) is 0.460. The van der Waals surface area contributed by atoms with E-state index in [2.05, 4.69) is 7.49 Å². The molecule has 0 saturated carbocycles. The number of allylic oxidation sites excluding steroid dienone is 1. The number of hydrogen-bond acceptors (Lipinski definition) is 1. The Morgan fingerprint density at radius 2 is 2.00 bits per heavy atom. The Morgan fingerprint density at radius 3 is 2.12 bits per heavy atom. The van der Waals surface area contributed by atoms with Crippen LogP contribution in [0.15, 0.2) is 11.8 Å². The minimum absolute atomic E-state index is 1.19. The van der Waals surface area contributed by atoms with Crippen LogP contribution in [0.3, 0.4) is 0 Å². The van der Waals surface area contributed by atoms with Crippen molar-refractivity contribution >= 4 is 13.5 Å². The Balaban J connectivity index is 3.74. The second-order valence-electron chi connectivity index (χ2n) is 2.04. The molecule has 0 aromatic carbocycles. The van der Waals surface area contributed by atoms with Gasteiger partial charge in [-0.15, -0.1) is 0 Å². The van der Waals surface area contributed by atoms with Crippen LogP contribution < -0.4 is 0 Å². The standard InChI is InChI=1S/C6H12BN/c1-6(4-7)5-8(2)3/h4-5,7H,1-3H3/b6-5-. The SMILES string of the molecule is B=C/C(C)=C\N(C)C. The maximum absolute atomic E-state index is 3.62. The van der Waals surface area contributed by atoms with Gasteiger partial charge in [0.25, 0.3) is 0 Å². The van der Waals surface area contributed by atoms with Gasteiger partial charge in [0.2, 0.25) is 0 Å². The third-order valence-corrected chi connectivity index (χ3v) is 0.784. The van der Waals surface area contributed by atoms with Gasteiger partial charge in [-0.1, -0.05) is 0 Å². The van der Waals surface area contributed by atoms with Gasteiger partial charge in [0.05, 0.1) is 0 Å². The second-order valence-corrected chi connectivity index (χ2v) is 2.04. The number of rotatable bonds is 2. The summed E-state index contributed by atoms with van der Waals surface area (Å²) < 4.78 is 0. The van der Waals surface area contributed by atoms with E-state index in [-0.39, 0.29) is 0 Å². The zero-order valence-electron chi connectivity index (χ0n) is 5.81. The van der Waals surface area contributed by atoms with Gasteiger partial charge in [0, 0.05) is 0 Å². The molecule has 8 heavy (non-hydrogen) atoms. The van der Waals surface area contributed by atoms with Crippen molar-refractivity contribution in [1.82, 2.24) is 4.90 Å². The van der Waals surface area contributed by atoms with Crippen molar-refractivity contribution in [1.29, 1.82) is 0 Å². The zero-order chi connectivity index (χ0) is 6.57. The van der Waals surface area contributed by atoms with Gasteiger partial charge in [-0.2, -0.15) is 0 Å². The summed E-state index contributed by atoms with van der Waals surface area (Å²) in [5, 5.41) is 0. The van der Waals surface area contributed by atoms with Crippen molar-refractivity contribution in [2.45, 2.75) is 6.92 Å². The average Bonchev–Trinajstić information content (AvgIpc) is 1.65.